The summed E-state index contributed by atoms with van der Waals surface area (Å²) in [6.07, 6.45) is 0.997. The molecular formula is C14H20N4S2. The number of thiazole rings is 1. The van der Waals surface area contributed by atoms with E-state index < -0.39 is 0 Å². The number of aryl methyl sites for hydroxylation is 1. The van der Waals surface area contributed by atoms with E-state index in [0.29, 0.717) is 0 Å². The number of guanidine groups is 1. The van der Waals surface area contributed by atoms with Gasteiger partial charge in [0.1, 0.15) is 0 Å². The third-order valence-electron chi connectivity index (χ3n) is 2.90. The summed E-state index contributed by atoms with van der Waals surface area (Å²) in [5.41, 5.74) is 2.39. The molecule has 0 fully saturated rings. The van der Waals surface area contributed by atoms with Crippen molar-refractivity contribution in [3.05, 3.63) is 38.5 Å². The SMILES string of the molecule is CCc1nc(CNC(=NC)N(C)Cc2ccsc2)cs1. The third-order valence-corrected chi connectivity index (χ3v) is 4.68. The van der Waals surface area contributed by atoms with Gasteiger partial charge in [0.2, 0.25) is 0 Å². The van der Waals surface area contributed by atoms with Crippen molar-refractivity contribution in [1.29, 1.82) is 0 Å². The largest absolute Gasteiger partial charge is 0.351 e. The van der Waals surface area contributed by atoms with Crippen LogP contribution in [0, 0.1) is 0 Å². The summed E-state index contributed by atoms with van der Waals surface area (Å²) in [5, 5.41) is 10.9. The number of aromatic nitrogens is 1. The molecule has 0 saturated carbocycles. The first-order valence-corrected chi connectivity index (χ1v) is 8.41. The Balaban J connectivity index is 1.88. The molecule has 0 aliphatic heterocycles. The lowest BCUT2D eigenvalue weighted by molar-refractivity contribution is 0.477. The number of hydrogen-bond acceptors (Lipinski definition) is 4. The van der Waals surface area contributed by atoms with Gasteiger partial charge in [0.15, 0.2) is 5.96 Å². The number of nitrogens with zero attached hydrogens (tertiary/aromatic N) is 3. The number of rotatable bonds is 5. The van der Waals surface area contributed by atoms with Crippen LogP contribution in [-0.2, 0) is 19.5 Å². The van der Waals surface area contributed by atoms with Gasteiger partial charge in [-0.25, -0.2) is 4.98 Å². The van der Waals surface area contributed by atoms with Gasteiger partial charge in [0, 0.05) is 26.0 Å². The standard InChI is InChI=1S/C14H20N4S2/c1-4-13-17-12(10-20-13)7-16-14(15-2)18(3)8-11-5-6-19-9-11/h5-6,9-10H,4,7-8H2,1-3H3,(H,15,16). The lowest BCUT2D eigenvalue weighted by Gasteiger charge is -2.21. The minimum atomic E-state index is 0.719. The summed E-state index contributed by atoms with van der Waals surface area (Å²) in [6.45, 7) is 3.71. The van der Waals surface area contributed by atoms with E-state index in [0.717, 1.165) is 31.2 Å². The molecule has 6 heteroatoms. The van der Waals surface area contributed by atoms with Gasteiger partial charge in [-0.05, 0) is 28.8 Å². The summed E-state index contributed by atoms with van der Waals surface area (Å²) < 4.78 is 0. The van der Waals surface area contributed by atoms with Crippen molar-refractivity contribution in [2.75, 3.05) is 14.1 Å². The molecule has 0 amide bonds. The fraction of sp³-hybridized carbons (Fsp3) is 0.429. The Kier molecular flexibility index (Phi) is 5.55. The van der Waals surface area contributed by atoms with Crippen molar-refractivity contribution < 1.29 is 0 Å². The maximum absolute atomic E-state index is 4.55. The quantitative estimate of drug-likeness (QED) is 0.682. The molecular weight excluding hydrogens is 288 g/mol. The molecule has 20 heavy (non-hydrogen) atoms. The Morgan fingerprint density at radius 3 is 2.90 bits per heavy atom. The van der Waals surface area contributed by atoms with Gasteiger partial charge in [-0.1, -0.05) is 6.92 Å². The van der Waals surface area contributed by atoms with Crippen LogP contribution in [0.3, 0.4) is 0 Å². The highest BCUT2D eigenvalue weighted by Gasteiger charge is 2.08. The molecule has 0 aliphatic rings. The molecule has 0 radical (unpaired) electrons. The van der Waals surface area contributed by atoms with Crippen LogP contribution in [0.2, 0.25) is 0 Å². The zero-order valence-corrected chi connectivity index (χ0v) is 13.7. The van der Waals surface area contributed by atoms with Crippen LogP contribution < -0.4 is 5.32 Å². The Bertz CT molecular complexity index is 545. The zero-order valence-electron chi connectivity index (χ0n) is 12.1. The fourth-order valence-electron chi connectivity index (χ4n) is 1.88. The van der Waals surface area contributed by atoms with E-state index in [-0.39, 0.29) is 0 Å². The summed E-state index contributed by atoms with van der Waals surface area (Å²) in [5.74, 6) is 0.891. The van der Waals surface area contributed by atoms with Gasteiger partial charge in [0.05, 0.1) is 17.2 Å². The van der Waals surface area contributed by atoms with Crippen LogP contribution in [0.1, 0.15) is 23.2 Å². The van der Waals surface area contributed by atoms with Crippen LogP contribution in [0.25, 0.3) is 0 Å². The van der Waals surface area contributed by atoms with E-state index in [4.69, 9.17) is 0 Å². The smallest absolute Gasteiger partial charge is 0.194 e. The maximum Gasteiger partial charge on any atom is 0.194 e. The topological polar surface area (TPSA) is 40.5 Å². The molecule has 0 aromatic carbocycles. The molecule has 2 rings (SSSR count). The van der Waals surface area contributed by atoms with Gasteiger partial charge >= 0.3 is 0 Å². The first-order chi connectivity index (χ1) is 9.72. The van der Waals surface area contributed by atoms with Gasteiger partial charge in [-0.15, -0.1) is 11.3 Å². The predicted octanol–water partition coefficient (Wildman–Crippen LogP) is 2.97. The normalized spacial score (nSPS) is 11.7. The summed E-state index contributed by atoms with van der Waals surface area (Å²) in [4.78, 5) is 11.0. The number of hydrogen-bond donors (Lipinski definition) is 1. The Labute approximate surface area is 128 Å². The van der Waals surface area contributed by atoms with Crippen LogP contribution in [0.5, 0.6) is 0 Å². The number of aliphatic imine (C=N–C) groups is 1. The molecule has 0 aliphatic carbocycles. The Hall–Kier alpha value is -1.40. The van der Waals surface area contributed by atoms with Gasteiger partial charge < -0.3 is 10.2 Å². The van der Waals surface area contributed by atoms with Crippen LogP contribution in [0.4, 0.5) is 0 Å². The first kappa shape index (κ1) is 15.0. The minimum absolute atomic E-state index is 0.719. The highest BCUT2D eigenvalue weighted by molar-refractivity contribution is 7.09. The molecule has 2 heterocycles. The van der Waals surface area contributed by atoms with Crippen molar-refractivity contribution in [2.45, 2.75) is 26.4 Å². The van der Waals surface area contributed by atoms with Crippen molar-refractivity contribution in [3.63, 3.8) is 0 Å². The average molecular weight is 308 g/mol. The molecule has 108 valence electrons. The molecule has 0 bridgehead atoms. The van der Waals surface area contributed by atoms with E-state index in [1.54, 1.807) is 22.7 Å². The van der Waals surface area contributed by atoms with Crippen molar-refractivity contribution in [1.82, 2.24) is 15.2 Å². The van der Waals surface area contributed by atoms with E-state index in [9.17, 15) is 0 Å². The van der Waals surface area contributed by atoms with Crippen molar-refractivity contribution in [3.8, 4) is 0 Å². The predicted molar refractivity (Wildman–Crippen MR) is 87.5 cm³/mol. The lowest BCUT2D eigenvalue weighted by Crippen LogP contribution is -2.38. The number of thiophene rings is 1. The fourth-order valence-corrected chi connectivity index (χ4v) is 3.28. The minimum Gasteiger partial charge on any atom is -0.351 e. The summed E-state index contributed by atoms with van der Waals surface area (Å²) in [7, 11) is 3.86. The van der Waals surface area contributed by atoms with Crippen LogP contribution in [-0.4, -0.2) is 29.9 Å². The second-order valence-corrected chi connectivity index (χ2v) is 6.20. The molecule has 2 aromatic heterocycles. The third kappa shape index (κ3) is 4.05. The van der Waals surface area contributed by atoms with Crippen LogP contribution >= 0.6 is 22.7 Å². The average Bonchev–Trinajstić information content (AvgIpc) is 3.10. The maximum atomic E-state index is 4.55. The molecule has 0 unspecified atom stereocenters. The van der Waals surface area contributed by atoms with Gasteiger partial charge in [-0.3, -0.25) is 4.99 Å². The summed E-state index contributed by atoms with van der Waals surface area (Å²) in [6, 6.07) is 2.14. The van der Waals surface area contributed by atoms with E-state index in [1.807, 2.05) is 14.1 Å². The van der Waals surface area contributed by atoms with Gasteiger partial charge in [0.25, 0.3) is 0 Å². The highest BCUT2D eigenvalue weighted by atomic mass is 32.1. The number of nitrogens with one attached hydrogen (secondary N) is 1. The second kappa shape index (κ2) is 7.40. The molecule has 0 saturated heterocycles. The lowest BCUT2D eigenvalue weighted by atomic mass is 10.3. The molecule has 0 atom stereocenters. The molecule has 0 spiro atoms. The van der Waals surface area contributed by atoms with Crippen molar-refractivity contribution in [2.24, 2.45) is 4.99 Å². The zero-order chi connectivity index (χ0) is 14.4. The Morgan fingerprint density at radius 1 is 1.45 bits per heavy atom. The highest BCUT2D eigenvalue weighted by Crippen LogP contribution is 2.11. The molecule has 4 nitrogen and oxygen atoms in total. The Morgan fingerprint density at radius 2 is 2.30 bits per heavy atom. The van der Waals surface area contributed by atoms with Crippen LogP contribution in [0.15, 0.2) is 27.2 Å². The van der Waals surface area contributed by atoms with E-state index >= 15 is 0 Å². The molecule has 1 N–H and O–H groups in total. The van der Waals surface area contributed by atoms with Crippen molar-refractivity contribution >= 4 is 28.6 Å². The van der Waals surface area contributed by atoms with Gasteiger partial charge in [-0.2, -0.15) is 11.3 Å². The van der Waals surface area contributed by atoms with E-state index in [1.165, 1.54) is 10.6 Å². The monoisotopic (exact) mass is 308 g/mol. The second-order valence-electron chi connectivity index (χ2n) is 4.47. The van der Waals surface area contributed by atoms with E-state index in [2.05, 4.69) is 49.3 Å². The summed E-state index contributed by atoms with van der Waals surface area (Å²) >= 11 is 3.44. The molecule has 2 aromatic rings. The first-order valence-electron chi connectivity index (χ1n) is 6.59.